The van der Waals surface area contributed by atoms with Crippen LogP contribution in [0.4, 0.5) is 11.4 Å². The quantitative estimate of drug-likeness (QED) is 0.790. The zero-order valence-electron chi connectivity index (χ0n) is 11.1. The number of rotatable bonds is 2. The van der Waals surface area contributed by atoms with Crippen molar-refractivity contribution < 1.29 is 0 Å². The van der Waals surface area contributed by atoms with Gasteiger partial charge in [-0.25, -0.2) is 0 Å². The number of aryl methyl sites for hydroxylation is 2. The first kappa shape index (κ1) is 12.3. The van der Waals surface area contributed by atoms with Crippen molar-refractivity contribution in [1.29, 1.82) is 0 Å². The third-order valence-electron chi connectivity index (χ3n) is 3.81. The Labute approximate surface area is 105 Å². The number of benzene rings is 1. The van der Waals surface area contributed by atoms with Crippen LogP contribution in [0, 0.1) is 6.92 Å². The molecule has 1 heterocycles. The highest BCUT2D eigenvalue weighted by atomic mass is 15.1. The molecule has 1 aliphatic heterocycles. The second-order valence-electron chi connectivity index (χ2n) is 5.09. The molecule has 94 valence electrons. The molecule has 0 aliphatic carbocycles. The van der Waals surface area contributed by atoms with Crippen molar-refractivity contribution in [2.75, 3.05) is 23.7 Å². The van der Waals surface area contributed by atoms with E-state index in [0.717, 1.165) is 12.1 Å². The molecule has 0 unspecified atom stereocenters. The largest absolute Gasteiger partial charge is 0.398 e. The van der Waals surface area contributed by atoms with Crippen LogP contribution in [0.1, 0.15) is 43.7 Å². The van der Waals surface area contributed by atoms with Crippen LogP contribution in [0.25, 0.3) is 0 Å². The molecule has 1 aromatic rings. The highest BCUT2D eigenvalue weighted by Gasteiger charge is 2.12. The number of hydrogen-bond acceptors (Lipinski definition) is 2. The lowest BCUT2D eigenvalue weighted by molar-refractivity contribution is 0.726. The second-order valence-corrected chi connectivity index (χ2v) is 5.09. The van der Waals surface area contributed by atoms with E-state index in [9.17, 15) is 0 Å². The van der Waals surface area contributed by atoms with Crippen LogP contribution < -0.4 is 10.6 Å². The van der Waals surface area contributed by atoms with E-state index in [4.69, 9.17) is 5.73 Å². The first-order chi connectivity index (χ1) is 8.22. The van der Waals surface area contributed by atoms with Crippen LogP contribution >= 0.6 is 0 Å². The minimum atomic E-state index is 0.978. The minimum Gasteiger partial charge on any atom is -0.398 e. The molecule has 1 saturated heterocycles. The Morgan fingerprint density at radius 2 is 1.76 bits per heavy atom. The molecule has 0 aromatic heterocycles. The summed E-state index contributed by atoms with van der Waals surface area (Å²) in [5.74, 6) is 0. The third kappa shape index (κ3) is 2.74. The van der Waals surface area contributed by atoms with Gasteiger partial charge in [0.25, 0.3) is 0 Å². The minimum absolute atomic E-state index is 0.978. The van der Waals surface area contributed by atoms with Crippen molar-refractivity contribution >= 4 is 11.4 Å². The van der Waals surface area contributed by atoms with Crippen molar-refractivity contribution in [3.8, 4) is 0 Å². The number of nitrogens with two attached hydrogens (primary N) is 1. The van der Waals surface area contributed by atoms with Gasteiger partial charge in [0.2, 0.25) is 0 Å². The molecule has 0 bridgehead atoms. The lowest BCUT2D eigenvalue weighted by Gasteiger charge is -2.24. The molecule has 2 rings (SSSR count). The Bertz CT molecular complexity index is 377. The van der Waals surface area contributed by atoms with Gasteiger partial charge in [0, 0.05) is 24.5 Å². The van der Waals surface area contributed by atoms with E-state index in [1.54, 1.807) is 0 Å². The van der Waals surface area contributed by atoms with Gasteiger partial charge in [-0.05, 0) is 49.4 Å². The normalized spacial score (nSPS) is 16.9. The lowest BCUT2D eigenvalue weighted by Crippen LogP contribution is -2.24. The van der Waals surface area contributed by atoms with E-state index in [-0.39, 0.29) is 0 Å². The van der Waals surface area contributed by atoms with Gasteiger partial charge in [-0.1, -0.05) is 19.8 Å². The van der Waals surface area contributed by atoms with Gasteiger partial charge in [0.1, 0.15) is 0 Å². The van der Waals surface area contributed by atoms with Crippen molar-refractivity contribution in [2.45, 2.75) is 46.0 Å². The second kappa shape index (κ2) is 5.44. The summed E-state index contributed by atoms with van der Waals surface area (Å²) in [5.41, 5.74) is 11.0. The molecule has 2 nitrogen and oxygen atoms in total. The van der Waals surface area contributed by atoms with Crippen LogP contribution in [0.3, 0.4) is 0 Å². The van der Waals surface area contributed by atoms with Gasteiger partial charge in [-0.3, -0.25) is 0 Å². The standard InChI is InChI=1S/C15H24N2/c1-3-13-11-14(10-12(2)15(13)16)17-8-6-4-5-7-9-17/h10-11H,3-9,16H2,1-2H3. The highest BCUT2D eigenvalue weighted by Crippen LogP contribution is 2.27. The van der Waals surface area contributed by atoms with Crippen molar-refractivity contribution in [3.05, 3.63) is 23.3 Å². The monoisotopic (exact) mass is 232 g/mol. The lowest BCUT2D eigenvalue weighted by atomic mass is 10.0. The summed E-state index contributed by atoms with van der Waals surface area (Å²) in [6.07, 6.45) is 6.43. The Hall–Kier alpha value is -1.18. The summed E-state index contributed by atoms with van der Waals surface area (Å²) < 4.78 is 0. The SMILES string of the molecule is CCc1cc(N2CCCCCC2)cc(C)c1N. The highest BCUT2D eigenvalue weighted by molar-refractivity contribution is 5.63. The molecule has 1 aromatic carbocycles. The van der Waals surface area contributed by atoms with E-state index in [1.807, 2.05) is 0 Å². The van der Waals surface area contributed by atoms with Crippen LogP contribution in [-0.2, 0) is 6.42 Å². The van der Waals surface area contributed by atoms with E-state index in [0.29, 0.717) is 0 Å². The molecule has 2 N–H and O–H groups in total. The molecule has 0 radical (unpaired) electrons. The van der Waals surface area contributed by atoms with E-state index in [2.05, 4.69) is 30.9 Å². The van der Waals surface area contributed by atoms with E-state index >= 15 is 0 Å². The first-order valence-corrected chi connectivity index (χ1v) is 6.86. The summed E-state index contributed by atoms with van der Waals surface area (Å²) in [7, 11) is 0. The number of hydrogen-bond donors (Lipinski definition) is 1. The molecule has 0 spiro atoms. The Morgan fingerprint density at radius 3 is 2.35 bits per heavy atom. The van der Waals surface area contributed by atoms with Gasteiger partial charge in [0.15, 0.2) is 0 Å². The molecular formula is C15H24N2. The Morgan fingerprint density at radius 1 is 1.12 bits per heavy atom. The van der Waals surface area contributed by atoms with Crippen LogP contribution in [0.15, 0.2) is 12.1 Å². The molecule has 0 saturated carbocycles. The average molecular weight is 232 g/mol. The van der Waals surface area contributed by atoms with Crippen molar-refractivity contribution in [3.63, 3.8) is 0 Å². The zero-order valence-corrected chi connectivity index (χ0v) is 11.1. The van der Waals surface area contributed by atoms with Crippen LogP contribution in [0.5, 0.6) is 0 Å². The Balaban J connectivity index is 2.27. The molecule has 0 amide bonds. The van der Waals surface area contributed by atoms with Gasteiger partial charge in [0.05, 0.1) is 0 Å². The van der Waals surface area contributed by atoms with Gasteiger partial charge in [-0.2, -0.15) is 0 Å². The predicted molar refractivity (Wildman–Crippen MR) is 75.7 cm³/mol. The van der Waals surface area contributed by atoms with E-state index < -0.39 is 0 Å². The number of anilines is 2. The molecule has 17 heavy (non-hydrogen) atoms. The summed E-state index contributed by atoms with van der Waals surface area (Å²) >= 11 is 0. The number of nitrogens with zero attached hydrogens (tertiary/aromatic N) is 1. The molecule has 1 aliphatic rings. The molecular weight excluding hydrogens is 208 g/mol. The maximum atomic E-state index is 6.10. The fourth-order valence-corrected chi connectivity index (χ4v) is 2.65. The van der Waals surface area contributed by atoms with Gasteiger partial charge in [-0.15, -0.1) is 0 Å². The summed E-state index contributed by atoms with van der Waals surface area (Å²) in [4.78, 5) is 2.53. The summed E-state index contributed by atoms with van der Waals surface area (Å²) in [5, 5.41) is 0. The van der Waals surface area contributed by atoms with Crippen molar-refractivity contribution in [2.24, 2.45) is 0 Å². The van der Waals surface area contributed by atoms with Crippen LogP contribution in [0.2, 0.25) is 0 Å². The molecule has 1 fully saturated rings. The molecule has 0 atom stereocenters. The Kier molecular flexibility index (Phi) is 3.93. The maximum absolute atomic E-state index is 6.10. The predicted octanol–water partition coefficient (Wildman–Crippen LogP) is 3.52. The zero-order chi connectivity index (χ0) is 12.3. The third-order valence-corrected chi connectivity index (χ3v) is 3.81. The van der Waals surface area contributed by atoms with Crippen molar-refractivity contribution in [1.82, 2.24) is 0 Å². The number of nitrogen functional groups attached to an aromatic ring is 1. The first-order valence-electron chi connectivity index (χ1n) is 6.86. The molecule has 2 heteroatoms. The fraction of sp³-hybridized carbons (Fsp3) is 0.600. The van der Waals surface area contributed by atoms with Gasteiger partial charge < -0.3 is 10.6 Å². The van der Waals surface area contributed by atoms with Gasteiger partial charge >= 0.3 is 0 Å². The average Bonchev–Trinajstić information content (AvgIpc) is 2.61. The summed E-state index contributed by atoms with van der Waals surface area (Å²) in [6.45, 7) is 6.70. The van der Waals surface area contributed by atoms with E-state index in [1.165, 1.54) is 55.6 Å². The maximum Gasteiger partial charge on any atom is 0.0377 e. The fourth-order valence-electron chi connectivity index (χ4n) is 2.65. The smallest absolute Gasteiger partial charge is 0.0377 e. The summed E-state index contributed by atoms with van der Waals surface area (Å²) in [6, 6.07) is 4.54. The topological polar surface area (TPSA) is 29.3 Å². The van der Waals surface area contributed by atoms with Crippen LogP contribution in [-0.4, -0.2) is 13.1 Å².